The molecule has 1 aliphatic heterocycles. The van der Waals surface area contributed by atoms with Gasteiger partial charge in [0.2, 0.25) is 11.8 Å². The third kappa shape index (κ3) is 52.0. The molecule has 2 aromatic rings. The quantitative estimate of drug-likeness (QED) is 0.0631. The Morgan fingerprint density at radius 1 is 0.485 bits per heavy atom. The molecule has 3 atom stereocenters. The van der Waals surface area contributed by atoms with Gasteiger partial charge in [-0.1, -0.05) is 32.9 Å². The van der Waals surface area contributed by atoms with Gasteiger partial charge in [0.25, 0.3) is 0 Å². The van der Waals surface area contributed by atoms with Crippen molar-refractivity contribution < 1.29 is 133 Å². The number of rotatable bonds is 75. The molecule has 1 saturated heterocycles. The molecular formula is C70H124N4O28S. The second-order valence-electron chi connectivity index (χ2n) is 23.8. The van der Waals surface area contributed by atoms with Crippen LogP contribution in [0.15, 0.2) is 23.7 Å². The van der Waals surface area contributed by atoms with Crippen LogP contribution in [0.3, 0.4) is 0 Å². The highest BCUT2D eigenvalue weighted by molar-refractivity contribution is 7.13. The van der Waals surface area contributed by atoms with Gasteiger partial charge in [-0.25, -0.2) is 9.78 Å². The molecule has 2 heterocycles. The van der Waals surface area contributed by atoms with Crippen molar-refractivity contribution in [1.29, 1.82) is 0 Å². The number of ether oxygens (including phenoxy) is 24. The first-order chi connectivity index (χ1) is 50.4. The lowest BCUT2D eigenvalue weighted by Crippen LogP contribution is -2.54. The number of likely N-dealkylation sites (tertiary alicyclic amines) is 1. The van der Waals surface area contributed by atoms with E-state index >= 15 is 0 Å². The molecule has 103 heavy (non-hydrogen) atoms. The van der Waals surface area contributed by atoms with E-state index in [2.05, 4.69) is 10.3 Å². The Morgan fingerprint density at radius 3 is 1.07 bits per heavy atom. The van der Waals surface area contributed by atoms with Crippen LogP contribution in [0.2, 0.25) is 0 Å². The van der Waals surface area contributed by atoms with E-state index in [9.17, 15) is 19.5 Å². The fourth-order valence-corrected chi connectivity index (χ4v) is 9.73. The molecule has 3 rings (SSSR count). The number of aliphatic hydroxyl groups excluding tert-OH is 1. The molecule has 0 aliphatic carbocycles. The van der Waals surface area contributed by atoms with Gasteiger partial charge in [0, 0.05) is 26.6 Å². The molecule has 4 N–H and O–H groups in total. The number of carbonyl (C=O) groups is 3. The number of thiazole rings is 1. The van der Waals surface area contributed by atoms with Crippen LogP contribution in [0.5, 0.6) is 0 Å². The molecule has 0 spiro atoms. The normalized spacial score (nSPS) is 14.3. The number of aliphatic hydroxyl groups is 1. The first-order valence-electron chi connectivity index (χ1n) is 35.8. The maximum Gasteiger partial charge on any atom is 0.332 e. The summed E-state index contributed by atoms with van der Waals surface area (Å²) >= 11 is 1.49. The van der Waals surface area contributed by atoms with Gasteiger partial charge in [0.15, 0.2) is 0 Å². The Labute approximate surface area is 613 Å². The van der Waals surface area contributed by atoms with Crippen LogP contribution in [0, 0.1) is 12.3 Å². The van der Waals surface area contributed by atoms with Gasteiger partial charge in [-0.2, -0.15) is 0 Å². The molecule has 1 aromatic heterocycles. The van der Waals surface area contributed by atoms with E-state index in [1.54, 1.807) is 12.6 Å². The summed E-state index contributed by atoms with van der Waals surface area (Å²) in [5.41, 5.74) is 10.6. The van der Waals surface area contributed by atoms with Crippen molar-refractivity contribution in [1.82, 2.24) is 15.2 Å². The van der Waals surface area contributed by atoms with Crippen LogP contribution in [0.25, 0.3) is 10.4 Å². The largest absolute Gasteiger partial charge is 0.459 e. The van der Waals surface area contributed by atoms with Crippen LogP contribution in [-0.2, 0) is 141 Å². The smallest absolute Gasteiger partial charge is 0.332 e. The van der Waals surface area contributed by atoms with E-state index in [0.717, 1.165) is 16.1 Å². The summed E-state index contributed by atoms with van der Waals surface area (Å²) in [6, 6.07) is 3.98. The molecule has 2 amide bonds. The van der Waals surface area contributed by atoms with Crippen LogP contribution in [0.4, 0.5) is 0 Å². The van der Waals surface area contributed by atoms with Crippen molar-refractivity contribution in [2.24, 2.45) is 11.1 Å². The summed E-state index contributed by atoms with van der Waals surface area (Å²) in [5.74, 6) is -1.37. The summed E-state index contributed by atoms with van der Waals surface area (Å²) in [6.07, 6.45) is -0.745. The standard InChI is InChI=1S/C70H124N4O28S/c1-59-66(103-58-73-59)60-6-7-61(54-72-68(77)64-53-63(75)55-74(64)69(78)67(71)70(2,3)4)62(52-60)56-102-65(76)57-101-51-50-100-49-48-99-47-46-98-45-44-97-43-42-96-41-40-95-39-38-94-37-36-93-35-34-92-33-32-91-31-30-90-29-28-89-27-26-88-25-24-87-23-22-86-21-20-85-19-18-84-17-16-83-15-14-82-13-12-81-11-10-80-9-8-79-5/h6-7,52,58,63-64,67,75H,8-51,53-57,71H2,1-5H3,(H,72,77)/t63-,64+,67-/m1/s1. The maximum absolute atomic E-state index is 13.5. The Morgan fingerprint density at radius 2 is 0.786 bits per heavy atom. The van der Waals surface area contributed by atoms with Crippen molar-refractivity contribution >= 4 is 29.1 Å². The SMILES string of the molecule is COCCOCCOCCOCCOCCOCCOCCOCCOCCOCCOCCOCCOCCOCCOCCOCCOCCOCCOCCOCCOCCOCCOCC(=O)OCc1cc(-c2scnc2C)ccc1CNC(=O)[C@@H]1C[C@@H](O)CN1C(=O)[C@@H](N)C(C)(C)C. The predicted octanol–water partition coefficient (Wildman–Crippen LogP) is 2.12. The highest BCUT2D eigenvalue weighted by Crippen LogP contribution is 2.30. The molecule has 0 unspecified atom stereocenters. The number of hydrogen-bond acceptors (Lipinski definition) is 31. The maximum atomic E-state index is 13.5. The average Bonchev–Trinajstić information content (AvgIpc) is 1.72. The summed E-state index contributed by atoms with van der Waals surface area (Å²) < 4.78 is 132. The van der Waals surface area contributed by atoms with Gasteiger partial charge in [-0.15, -0.1) is 11.3 Å². The monoisotopic (exact) mass is 1500 g/mol. The predicted molar refractivity (Wildman–Crippen MR) is 377 cm³/mol. The molecule has 1 fully saturated rings. The number of benzene rings is 1. The van der Waals surface area contributed by atoms with Gasteiger partial charge in [0.05, 0.1) is 319 Å². The van der Waals surface area contributed by atoms with Crippen molar-refractivity contribution in [2.75, 3.05) is 311 Å². The Balaban J connectivity index is 0.946. The van der Waals surface area contributed by atoms with E-state index in [-0.39, 0.29) is 51.8 Å². The van der Waals surface area contributed by atoms with Crippen molar-refractivity contribution in [2.45, 2.75) is 65.5 Å². The van der Waals surface area contributed by atoms with Gasteiger partial charge in [-0.05, 0) is 35.1 Å². The van der Waals surface area contributed by atoms with Gasteiger partial charge in [0.1, 0.15) is 19.3 Å². The van der Waals surface area contributed by atoms with E-state index < -0.39 is 35.5 Å². The number of esters is 1. The molecule has 1 aliphatic rings. The molecule has 0 saturated carbocycles. The molecule has 33 heteroatoms. The number of nitrogens with zero attached hydrogens (tertiary/aromatic N) is 2. The number of nitrogens with one attached hydrogen (secondary N) is 1. The summed E-state index contributed by atoms with van der Waals surface area (Å²) in [5, 5.41) is 13.3. The third-order valence-electron chi connectivity index (χ3n) is 14.6. The Hall–Kier alpha value is -3.74. The second-order valence-corrected chi connectivity index (χ2v) is 24.6. The fraction of sp³-hybridized carbons (Fsp3) is 0.829. The molecular weight excluding hydrogens is 1380 g/mol. The lowest BCUT2D eigenvalue weighted by atomic mass is 9.86. The number of aryl methyl sites for hydroxylation is 1. The van der Waals surface area contributed by atoms with E-state index in [1.807, 2.05) is 45.9 Å². The highest BCUT2D eigenvalue weighted by atomic mass is 32.1. The van der Waals surface area contributed by atoms with Crippen LogP contribution < -0.4 is 11.1 Å². The minimum atomic E-state index is -0.874. The zero-order valence-corrected chi connectivity index (χ0v) is 62.9. The number of hydrogen-bond donors (Lipinski definition) is 3. The summed E-state index contributed by atoms with van der Waals surface area (Å²) in [4.78, 5) is 46.2. The molecule has 1 aromatic carbocycles. The van der Waals surface area contributed by atoms with Gasteiger partial charge < -0.3 is 135 Å². The molecule has 0 radical (unpaired) electrons. The summed E-state index contributed by atoms with van der Waals surface area (Å²) in [7, 11) is 1.64. The first kappa shape index (κ1) is 93.5. The minimum Gasteiger partial charge on any atom is -0.459 e. The number of aromatic nitrogens is 1. The van der Waals surface area contributed by atoms with Crippen LogP contribution in [-0.4, -0.2) is 362 Å². The third-order valence-corrected chi connectivity index (χ3v) is 15.6. The zero-order chi connectivity index (χ0) is 74.0. The number of methoxy groups -OCH3 is 1. The Bertz CT molecular complexity index is 2300. The van der Waals surface area contributed by atoms with Crippen molar-refractivity contribution in [3.63, 3.8) is 0 Å². The molecule has 598 valence electrons. The molecule has 0 bridgehead atoms. The second kappa shape index (κ2) is 66.5. The van der Waals surface area contributed by atoms with Gasteiger partial charge in [-0.3, -0.25) is 9.59 Å². The van der Waals surface area contributed by atoms with Crippen LogP contribution >= 0.6 is 11.3 Å². The highest BCUT2D eigenvalue weighted by Gasteiger charge is 2.42. The lowest BCUT2D eigenvalue weighted by molar-refractivity contribution is -0.150. The number of nitrogens with two attached hydrogens (primary N) is 1. The lowest BCUT2D eigenvalue weighted by Gasteiger charge is -2.32. The topological polar surface area (TPSA) is 347 Å². The minimum absolute atomic E-state index is 0.0248. The zero-order valence-electron chi connectivity index (χ0n) is 62.0. The van der Waals surface area contributed by atoms with E-state index in [0.29, 0.717) is 289 Å². The van der Waals surface area contributed by atoms with E-state index in [1.165, 1.54) is 16.2 Å². The van der Waals surface area contributed by atoms with Crippen molar-refractivity contribution in [3.8, 4) is 10.4 Å². The fourth-order valence-electron chi connectivity index (χ4n) is 8.92. The number of β-amino-alcohol motifs (C(OH)–C–C–N with tert-alkyl or cyclic N) is 1. The summed E-state index contributed by atoms with van der Waals surface area (Å²) in [6.45, 7) is 27.5. The first-order valence-corrected chi connectivity index (χ1v) is 36.7. The van der Waals surface area contributed by atoms with Crippen molar-refractivity contribution in [3.05, 3.63) is 40.5 Å². The molecule has 32 nitrogen and oxygen atoms in total. The van der Waals surface area contributed by atoms with Crippen LogP contribution in [0.1, 0.15) is 44.0 Å². The Kier molecular flexibility index (Phi) is 60.3. The van der Waals surface area contributed by atoms with Gasteiger partial charge >= 0.3 is 5.97 Å². The number of carbonyl (C=O) groups excluding carboxylic acids is 3. The number of amides is 2. The van der Waals surface area contributed by atoms with E-state index in [4.69, 9.17) is 119 Å². The average molecular weight is 1500 g/mol.